The van der Waals surface area contributed by atoms with Gasteiger partial charge in [0.05, 0.1) is 12.8 Å². The lowest BCUT2D eigenvalue weighted by Gasteiger charge is -2.06. The first-order valence-electron chi connectivity index (χ1n) is 5.68. The summed E-state index contributed by atoms with van der Waals surface area (Å²) >= 11 is 1.70. The third kappa shape index (κ3) is 2.25. The highest BCUT2D eigenvalue weighted by Crippen LogP contribution is 2.31. The van der Waals surface area contributed by atoms with Crippen LogP contribution in [0.15, 0.2) is 0 Å². The molecule has 0 saturated carbocycles. The van der Waals surface area contributed by atoms with Gasteiger partial charge in [-0.15, -0.1) is 11.3 Å². The number of aromatic nitrogens is 2. The summed E-state index contributed by atoms with van der Waals surface area (Å²) < 4.78 is 5.15. The predicted octanol–water partition coefficient (Wildman–Crippen LogP) is 2.43. The molecule has 17 heavy (non-hydrogen) atoms. The molecule has 4 nitrogen and oxygen atoms in total. The van der Waals surface area contributed by atoms with E-state index in [1.165, 1.54) is 15.8 Å². The summed E-state index contributed by atoms with van der Waals surface area (Å²) in [4.78, 5) is 11.1. The highest BCUT2D eigenvalue weighted by Gasteiger charge is 2.14. The van der Waals surface area contributed by atoms with Crippen LogP contribution in [0.25, 0.3) is 10.2 Å². The van der Waals surface area contributed by atoms with E-state index in [1.54, 1.807) is 18.4 Å². The van der Waals surface area contributed by atoms with Crippen molar-refractivity contribution >= 4 is 21.6 Å². The van der Waals surface area contributed by atoms with Gasteiger partial charge in [-0.1, -0.05) is 6.92 Å². The molecule has 0 aliphatic heterocycles. The molecule has 0 amide bonds. The second-order valence-corrected chi connectivity index (χ2v) is 5.10. The Morgan fingerprint density at radius 1 is 1.29 bits per heavy atom. The SMILES string of the molecule is CCNCc1nc(OC)nc2sc(C)c(C)c12. The molecule has 0 bridgehead atoms. The molecule has 0 aliphatic carbocycles. The van der Waals surface area contributed by atoms with E-state index in [9.17, 15) is 0 Å². The summed E-state index contributed by atoms with van der Waals surface area (Å²) in [5.74, 6) is 0. The van der Waals surface area contributed by atoms with Gasteiger partial charge in [0, 0.05) is 16.8 Å². The van der Waals surface area contributed by atoms with Crippen LogP contribution in [0.5, 0.6) is 6.01 Å². The van der Waals surface area contributed by atoms with Crippen molar-refractivity contribution in [2.45, 2.75) is 27.3 Å². The zero-order chi connectivity index (χ0) is 12.4. The van der Waals surface area contributed by atoms with Gasteiger partial charge in [0.25, 0.3) is 0 Å². The summed E-state index contributed by atoms with van der Waals surface area (Å²) in [6.45, 7) is 8.00. The van der Waals surface area contributed by atoms with Gasteiger partial charge in [-0.3, -0.25) is 0 Å². The van der Waals surface area contributed by atoms with E-state index < -0.39 is 0 Å². The van der Waals surface area contributed by atoms with Crippen LogP contribution in [-0.2, 0) is 6.54 Å². The zero-order valence-electron chi connectivity index (χ0n) is 10.6. The van der Waals surface area contributed by atoms with E-state index in [4.69, 9.17) is 4.74 Å². The van der Waals surface area contributed by atoms with Crippen molar-refractivity contribution in [1.29, 1.82) is 0 Å². The van der Waals surface area contributed by atoms with Gasteiger partial charge in [0.2, 0.25) is 0 Å². The van der Waals surface area contributed by atoms with Gasteiger partial charge in [-0.25, -0.2) is 0 Å². The third-order valence-corrected chi connectivity index (χ3v) is 3.91. The number of nitrogens with one attached hydrogen (secondary N) is 1. The Bertz CT molecular complexity index is 536. The molecule has 2 aromatic rings. The van der Waals surface area contributed by atoms with Crippen molar-refractivity contribution in [1.82, 2.24) is 15.3 Å². The lowest BCUT2D eigenvalue weighted by molar-refractivity contribution is 0.380. The summed E-state index contributed by atoms with van der Waals surface area (Å²) in [7, 11) is 1.60. The van der Waals surface area contributed by atoms with Gasteiger partial charge in [0.15, 0.2) is 0 Å². The van der Waals surface area contributed by atoms with Crippen molar-refractivity contribution in [2.75, 3.05) is 13.7 Å². The zero-order valence-corrected chi connectivity index (χ0v) is 11.4. The summed E-state index contributed by atoms with van der Waals surface area (Å²) in [5.41, 5.74) is 2.30. The molecule has 0 fully saturated rings. The Balaban J connectivity index is 2.59. The van der Waals surface area contributed by atoms with Crippen molar-refractivity contribution < 1.29 is 4.74 Å². The van der Waals surface area contributed by atoms with Crippen LogP contribution in [0, 0.1) is 13.8 Å². The Labute approximate surface area is 105 Å². The van der Waals surface area contributed by atoms with Gasteiger partial charge in [0.1, 0.15) is 4.83 Å². The molecular weight excluding hydrogens is 234 g/mol. The molecule has 0 aliphatic rings. The Hall–Kier alpha value is -1.20. The van der Waals surface area contributed by atoms with E-state index in [0.717, 1.165) is 23.6 Å². The number of hydrogen-bond donors (Lipinski definition) is 1. The molecule has 2 rings (SSSR count). The van der Waals surface area contributed by atoms with Crippen molar-refractivity contribution in [3.8, 4) is 6.01 Å². The number of aryl methyl sites for hydroxylation is 2. The fourth-order valence-corrected chi connectivity index (χ4v) is 2.82. The molecule has 2 aromatic heterocycles. The normalized spacial score (nSPS) is 11.1. The van der Waals surface area contributed by atoms with Crippen LogP contribution in [0.2, 0.25) is 0 Å². The van der Waals surface area contributed by atoms with E-state index in [1.807, 2.05) is 0 Å². The van der Waals surface area contributed by atoms with Crippen LogP contribution in [-0.4, -0.2) is 23.6 Å². The minimum Gasteiger partial charge on any atom is -0.467 e. The monoisotopic (exact) mass is 251 g/mol. The lowest BCUT2D eigenvalue weighted by atomic mass is 10.1. The number of rotatable bonds is 4. The van der Waals surface area contributed by atoms with E-state index >= 15 is 0 Å². The maximum absolute atomic E-state index is 5.15. The van der Waals surface area contributed by atoms with Crippen molar-refractivity contribution in [2.24, 2.45) is 0 Å². The number of thiophene rings is 1. The summed E-state index contributed by atoms with van der Waals surface area (Å²) in [6, 6.07) is 0.451. The fourth-order valence-electron chi connectivity index (χ4n) is 1.77. The highest BCUT2D eigenvalue weighted by atomic mass is 32.1. The van der Waals surface area contributed by atoms with Crippen LogP contribution < -0.4 is 10.1 Å². The molecule has 0 radical (unpaired) electrons. The average Bonchev–Trinajstić information content (AvgIpc) is 2.62. The van der Waals surface area contributed by atoms with Crippen LogP contribution >= 0.6 is 11.3 Å². The maximum Gasteiger partial charge on any atom is 0.317 e. The van der Waals surface area contributed by atoms with Gasteiger partial charge < -0.3 is 10.1 Å². The molecular formula is C12H17N3OS. The molecule has 2 heterocycles. The number of ether oxygens (including phenoxy) is 1. The number of nitrogens with zero attached hydrogens (tertiary/aromatic N) is 2. The predicted molar refractivity (Wildman–Crippen MR) is 70.8 cm³/mol. The highest BCUT2D eigenvalue weighted by molar-refractivity contribution is 7.18. The number of fused-ring (bicyclic) bond motifs is 1. The smallest absolute Gasteiger partial charge is 0.317 e. The van der Waals surface area contributed by atoms with Gasteiger partial charge in [-0.05, 0) is 26.0 Å². The molecule has 5 heteroatoms. The van der Waals surface area contributed by atoms with Crippen LogP contribution in [0.1, 0.15) is 23.1 Å². The molecule has 0 aromatic carbocycles. The van der Waals surface area contributed by atoms with Crippen molar-refractivity contribution in [3.05, 3.63) is 16.1 Å². The topological polar surface area (TPSA) is 47.0 Å². The quantitative estimate of drug-likeness (QED) is 0.906. The molecule has 0 spiro atoms. The van der Waals surface area contributed by atoms with E-state index in [2.05, 4.69) is 36.1 Å². The second kappa shape index (κ2) is 4.98. The molecule has 1 N–H and O–H groups in total. The maximum atomic E-state index is 5.15. The first-order valence-corrected chi connectivity index (χ1v) is 6.50. The molecule has 0 atom stereocenters. The molecule has 92 valence electrons. The first kappa shape index (κ1) is 12.3. The minimum absolute atomic E-state index is 0.451. The Morgan fingerprint density at radius 3 is 2.71 bits per heavy atom. The number of methoxy groups -OCH3 is 1. The second-order valence-electron chi connectivity index (χ2n) is 3.90. The van der Waals surface area contributed by atoms with Gasteiger partial charge >= 0.3 is 6.01 Å². The van der Waals surface area contributed by atoms with Crippen LogP contribution in [0.3, 0.4) is 0 Å². The van der Waals surface area contributed by atoms with Gasteiger partial charge in [-0.2, -0.15) is 9.97 Å². The fraction of sp³-hybridized carbons (Fsp3) is 0.500. The molecule has 0 unspecified atom stereocenters. The molecule has 0 saturated heterocycles. The summed E-state index contributed by atoms with van der Waals surface area (Å²) in [6.07, 6.45) is 0. The first-order chi connectivity index (χ1) is 8.17. The average molecular weight is 251 g/mol. The standard InChI is InChI=1S/C12H17N3OS/c1-5-13-6-9-10-7(2)8(3)17-11(10)15-12(14-9)16-4/h13H,5-6H2,1-4H3. The Morgan fingerprint density at radius 2 is 2.06 bits per heavy atom. The number of hydrogen-bond acceptors (Lipinski definition) is 5. The third-order valence-electron chi connectivity index (χ3n) is 2.81. The minimum atomic E-state index is 0.451. The van der Waals surface area contributed by atoms with E-state index in [-0.39, 0.29) is 0 Å². The van der Waals surface area contributed by atoms with Crippen molar-refractivity contribution in [3.63, 3.8) is 0 Å². The summed E-state index contributed by atoms with van der Waals surface area (Å²) in [5, 5.41) is 4.48. The largest absolute Gasteiger partial charge is 0.467 e. The lowest BCUT2D eigenvalue weighted by Crippen LogP contribution is -2.14. The Kier molecular flexibility index (Phi) is 3.59. The van der Waals surface area contributed by atoms with Crippen LogP contribution in [0.4, 0.5) is 0 Å². The van der Waals surface area contributed by atoms with E-state index in [0.29, 0.717) is 6.01 Å².